The molecule has 0 spiro atoms. The van der Waals surface area contributed by atoms with Crippen molar-refractivity contribution < 1.29 is 4.74 Å². The molecule has 0 N–H and O–H groups in total. The molecule has 1 aliphatic rings. The van der Waals surface area contributed by atoms with Gasteiger partial charge in [0.05, 0.1) is 18.3 Å². The molecule has 3 aromatic rings. The standard InChI is InChI=1S/C19H20N4O/c1-2-9-24-18(6-1)13-23-8-7-19(22-23)16-5-3-4-15(10-16)17-11-20-14-21-12-17/h3-5,7-8,10-12,14,18H,1-2,6,9,13H2. The van der Waals surface area contributed by atoms with Gasteiger partial charge in [0.25, 0.3) is 0 Å². The minimum absolute atomic E-state index is 0.291. The Hall–Kier alpha value is -2.53. The summed E-state index contributed by atoms with van der Waals surface area (Å²) in [5, 5.41) is 4.71. The van der Waals surface area contributed by atoms with Gasteiger partial charge in [-0.25, -0.2) is 9.97 Å². The Balaban J connectivity index is 1.54. The summed E-state index contributed by atoms with van der Waals surface area (Å²) in [7, 11) is 0. The number of aromatic nitrogens is 4. The molecule has 4 rings (SSSR count). The molecule has 0 aliphatic carbocycles. The number of benzene rings is 1. The third kappa shape index (κ3) is 3.36. The van der Waals surface area contributed by atoms with Gasteiger partial charge < -0.3 is 4.74 Å². The molecule has 2 aromatic heterocycles. The maximum atomic E-state index is 5.80. The van der Waals surface area contributed by atoms with Crippen LogP contribution in [0.1, 0.15) is 19.3 Å². The summed E-state index contributed by atoms with van der Waals surface area (Å²) in [6, 6.07) is 10.4. The molecule has 1 aliphatic heterocycles. The van der Waals surface area contributed by atoms with Crippen molar-refractivity contribution in [2.75, 3.05) is 6.61 Å². The van der Waals surface area contributed by atoms with Crippen molar-refractivity contribution >= 4 is 0 Å². The first-order valence-electron chi connectivity index (χ1n) is 8.39. The molecule has 0 bridgehead atoms. The molecular weight excluding hydrogens is 300 g/mol. The molecule has 24 heavy (non-hydrogen) atoms. The molecule has 1 atom stereocenters. The first kappa shape index (κ1) is 15.0. The summed E-state index contributed by atoms with van der Waals surface area (Å²) < 4.78 is 7.79. The maximum Gasteiger partial charge on any atom is 0.115 e. The summed E-state index contributed by atoms with van der Waals surface area (Å²) in [5.74, 6) is 0. The maximum absolute atomic E-state index is 5.80. The molecule has 0 amide bonds. The average molecular weight is 320 g/mol. The zero-order valence-corrected chi connectivity index (χ0v) is 13.5. The molecule has 3 heterocycles. The highest BCUT2D eigenvalue weighted by molar-refractivity contribution is 5.70. The number of nitrogens with zero attached hydrogens (tertiary/aromatic N) is 4. The first-order valence-corrected chi connectivity index (χ1v) is 8.39. The van der Waals surface area contributed by atoms with Crippen molar-refractivity contribution in [3.63, 3.8) is 0 Å². The Labute approximate surface area is 141 Å². The average Bonchev–Trinajstić information content (AvgIpc) is 3.12. The smallest absolute Gasteiger partial charge is 0.115 e. The number of hydrogen-bond donors (Lipinski definition) is 0. The van der Waals surface area contributed by atoms with Gasteiger partial charge in [-0.15, -0.1) is 0 Å². The minimum atomic E-state index is 0.291. The van der Waals surface area contributed by atoms with Gasteiger partial charge in [0, 0.05) is 36.3 Å². The predicted molar refractivity (Wildman–Crippen MR) is 92.3 cm³/mol. The summed E-state index contributed by atoms with van der Waals surface area (Å²) in [4.78, 5) is 8.18. The third-order valence-corrected chi connectivity index (χ3v) is 4.36. The zero-order chi connectivity index (χ0) is 16.2. The lowest BCUT2D eigenvalue weighted by Crippen LogP contribution is -2.24. The highest BCUT2D eigenvalue weighted by Gasteiger charge is 2.15. The molecule has 1 saturated heterocycles. The van der Waals surface area contributed by atoms with Crippen molar-refractivity contribution in [3.05, 3.63) is 55.2 Å². The van der Waals surface area contributed by atoms with Crippen LogP contribution in [0.15, 0.2) is 55.2 Å². The van der Waals surface area contributed by atoms with Crippen LogP contribution in [0.2, 0.25) is 0 Å². The Bertz CT molecular complexity index is 794. The molecule has 1 unspecified atom stereocenters. The van der Waals surface area contributed by atoms with Crippen LogP contribution < -0.4 is 0 Å². The summed E-state index contributed by atoms with van der Waals surface area (Å²) in [5.41, 5.74) is 4.18. The van der Waals surface area contributed by atoms with E-state index in [1.54, 1.807) is 6.33 Å². The van der Waals surface area contributed by atoms with Crippen LogP contribution in [-0.4, -0.2) is 32.5 Å². The molecule has 5 heteroatoms. The van der Waals surface area contributed by atoms with Crippen molar-refractivity contribution in [2.24, 2.45) is 0 Å². The molecule has 1 fully saturated rings. The molecule has 5 nitrogen and oxygen atoms in total. The topological polar surface area (TPSA) is 52.8 Å². The predicted octanol–water partition coefficient (Wildman–Crippen LogP) is 3.58. The second-order valence-electron chi connectivity index (χ2n) is 6.12. The van der Waals surface area contributed by atoms with Crippen LogP contribution >= 0.6 is 0 Å². The number of rotatable bonds is 4. The normalized spacial score (nSPS) is 17.8. The molecular formula is C19H20N4O. The van der Waals surface area contributed by atoms with Crippen LogP contribution in [-0.2, 0) is 11.3 Å². The van der Waals surface area contributed by atoms with E-state index < -0.39 is 0 Å². The fourth-order valence-corrected chi connectivity index (χ4v) is 3.08. The van der Waals surface area contributed by atoms with E-state index in [1.165, 1.54) is 12.8 Å². The van der Waals surface area contributed by atoms with Gasteiger partial charge in [-0.1, -0.05) is 18.2 Å². The van der Waals surface area contributed by atoms with E-state index in [-0.39, 0.29) is 0 Å². The highest BCUT2D eigenvalue weighted by Crippen LogP contribution is 2.24. The van der Waals surface area contributed by atoms with Gasteiger partial charge in [-0.2, -0.15) is 5.10 Å². The van der Waals surface area contributed by atoms with Gasteiger partial charge >= 0.3 is 0 Å². The summed E-state index contributed by atoms with van der Waals surface area (Å²) in [6.45, 7) is 1.70. The quantitative estimate of drug-likeness (QED) is 0.737. The molecule has 122 valence electrons. The zero-order valence-electron chi connectivity index (χ0n) is 13.5. The van der Waals surface area contributed by atoms with Gasteiger partial charge in [0.15, 0.2) is 0 Å². The monoisotopic (exact) mass is 320 g/mol. The van der Waals surface area contributed by atoms with Gasteiger partial charge in [0.1, 0.15) is 6.33 Å². The minimum Gasteiger partial charge on any atom is -0.376 e. The fourth-order valence-electron chi connectivity index (χ4n) is 3.08. The largest absolute Gasteiger partial charge is 0.376 e. The lowest BCUT2D eigenvalue weighted by molar-refractivity contribution is 0.00403. The van der Waals surface area contributed by atoms with Crippen LogP contribution in [0.3, 0.4) is 0 Å². The van der Waals surface area contributed by atoms with E-state index in [2.05, 4.69) is 34.2 Å². The van der Waals surface area contributed by atoms with Crippen molar-refractivity contribution in [2.45, 2.75) is 31.9 Å². The second-order valence-corrected chi connectivity index (χ2v) is 6.12. The van der Waals surface area contributed by atoms with E-state index in [4.69, 9.17) is 9.84 Å². The van der Waals surface area contributed by atoms with E-state index in [9.17, 15) is 0 Å². The number of hydrogen-bond acceptors (Lipinski definition) is 4. The summed E-state index contributed by atoms with van der Waals surface area (Å²) in [6.07, 6.45) is 11.1. The van der Waals surface area contributed by atoms with Crippen LogP contribution in [0, 0.1) is 0 Å². The van der Waals surface area contributed by atoms with E-state index in [0.29, 0.717) is 6.10 Å². The molecule has 0 saturated carbocycles. The lowest BCUT2D eigenvalue weighted by atomic mass is 10.0. The van der Waals surface area contributed by atoms with Crippen molar-refractivity contribution in [3.8, 4) is 22.4 Å². The van der Waals surface area contributed by atoms with E-state index in [1.807, 2.05) is 29.3 Å². The van der Waals surface area contributed by atoms with Gasteiger partial charge in [0.2, 0.25) is 0 Å². The van der Waals surface area contributed by atoms with Gasteiger partial charge in [-0.05, 0) is 37.0 Å². The Morgan fingerprint density at radius 2 is 1.92 bits per heavy atom. The Kier molecular flexibility index (Phi) is 4.34. The molecule has 0 radical (unpaired) electrons. The Morgan fingerprint density at radius 1 is 1.04 bits per heavy atom. The molecule has 1 aromatic carbocycles. The van der Waals surface area contributed by atoms with Gasteiger partial charge in [-0.3, -0.25) is 4.68 Å². The van der Waals surface area contributed by atoms with Crippen molar-refractivity contribution in [1.82, 2.24) is 19.7 Å². The van der Waals surface area contributed by atoms with E-state index >= 15 is 0 Å². The fraction of sp³-hybridized carbons (Fsp3) is 0.316. The Morgan fingerprint density at radius 3 is 2.75 bits per heavy atom. The van der Waals surface area contributed by atoms with Crippen LogP contribution in [0.5, 0.6) is 0 Å². The number of ether oxygens (including phenoxy) is 1. The van der Waals surface area contributed by atoms with Crippen LogP contribution in [0.25, 0.3) is 22.4 Å². The SMILES string of the molecule is c1cc(-c2cncnc2)cc(-c2ccn(CC3CCCCO3)n2)c1. The van der Waals surface area contributed by atoms with Crippen molar-refractivity contribution in [1.29, 1.82) is 0 Å². The van der Waals surface area contributed by atoms with E-state index in [0.717, 1.165) is 42.0 Å². The second kappa shape index (κ2) is 6.93. The lowest BCUT2D eigenvalue weighted by Gasteiger charge is -2.22. The third-order valence-electron chi connectivity index (χ3n) is 4.36. The summed E-state index contributed by atoms with van der Waals surface area (Å²) >= 11 is 0. The van der Waals surface area contributed by atoms with Crippen LogP contribution in [0.4, 0.5) is 0 Å². The highest BCUT2D eigenvalue weighted by atomic mass is 16.5. The first-order chi connectivity index (χ1) is 11.9.